The zero-order valence-electron chi connectivity index (χ0n) is 9.86. The maximum atomic E-state index is 11.3. The highest BCUT2D eigenvalue weighted by Gasteiger charge is 2.59. The number of hydrogen-bond acceptors (Lipinski definition) is 3. The summed E-state index contributed by atoms with van der Waals surface area (Å²) >= 11 is 0. The van der Waals surface area contributed by atoms with E-state index in [-0.39, 0.29) is 11.4 Å². The van der Waals surface area contributed by atoms with Gasteiger partial charge in [-0.25, -0.2) is 4.79 Å². The number of allylic oxidation sites excluding steroid dienone is 1. The second kappa shape index (κ2) is 3.33. The topological polar surface area (TPSA) is 38.8 Å². The fourth-order valence-electron chi connectivity index (χ4n) is 3.65. The van der Waals surface area contributed by atoms with Gasteiger partial charge in [-0.05, 0) is 37.0 Å². The van der Waals surface area contributed by atoms with Gasteiger partial charge < -0.3 is 9.47 Å². The number of hydrogen-bond donors (Lipinski definition) is 0. The molecule has 0 aromatic carbocycles. The first-order valence-electron chi connectivity index (χ1n) is 6.09. The molecule has 0 amide bonds. The normalized spacial score (nSPS) is 47.4. The van der Waals surface area contributed by atoms with Crippen LogP contribution < -0.4 is 0 Å². The molecule has 3 nitrogen and oxygen atoms in total. The summed E-state index contributed by atoms with van der Waals surface area (Å²) in [6.45, 7) is 2.29. The van der Waals surface area contributed by atoms with Crippen molar-refractivity contribution in [2.75, 3.05) is 7.11 Å². The number of fused-ring (bicyclic) bond motifs is 3. The van der Waals surface area contributed by atoms with Crippen LogP contribution in [0.25, 0.3) is 0 Å². The molecular weight excluding hydrogens is 204 g/mol. The van der Waals surface area contributed by atoms with Crippen molar-refractivity contribution >= 4 is 5.97 Å². The number of rotatable bonds is 1. The molecule has 0 spiro atoms. The second-order valence-electron chi connectivity index (χ2n) is 5.43. The van der Waals surface area contributed by atoms with Gasteiger partial charge in [0.2, 0.25) is 0 Å². The Kier molecular flexibility index (Phi) is 2.15. The molecule has 88 valence electrons. The molecule has 1 saturated heterocycles. The molecule has 2 saturated carbocycles. The monoisotopic (exact) mass is 222 g/mol. The van der Waals surface area contributed by atoms with E-state index in [0.29, 0.717) is 18.1 Å². The third kappa shape index (κ3) is 1.34. The number of methoxy groups -OCH3 is 1. The highest BCUT2D eigenvalue weighted by Crippen LogP contribution is 2.60. The maximum absolute atomic E-state index is 11.3. The molecular formula is C13H18O3. The van der Waals surface area contributed by atoms with Gasteiger partial charge in [0.15, 0.2) is 0 Å². The van der Waals surface area contributed by atoms with Crippen molar-refractivity contribution in [2.24, 2.45) is 11.3 Å². The summed E-state index contributed by atoms with van der Waals surface area (Å²) in [4.78, 5) is 11.3. The Morgan fingerprint density at radius 2 is 2.38 bits per heavy atom. The third-order valence-corrected chi connectivity index (χ3v) is 4.74. The van der Waals surface area contributed by atoms with Gasteiger partial charge in [0.1, 0.15) is 0 Å². The van der Waals surface area contributed by atoms with Gasteiger partial charge >= 0.3 is 5.97 Å². The average molecular weight is 222 g/mol. The second-order valence-corrected chi connectivity index (χ2v) is 5.43. The fraction of sp³-hybridized carbons (Fsp3) is 0.769. The lowest BCUT2D eigenvalue weighted by Crippen LogP contribution is -2.32. The van der Waals surface area contributed by atoms with E-state index in [0.717, 1.165) is 19.3 Å². The molecule has 3 heteroatoms. The Balaban J connectivity index is 1.87. The van der Waals surface area contributed by atoms with Crippen molar-refractivity contribution in [3.63, 3.8) is 0 Å². The highest BCUT2D eigenvalue weighted by atomic mass is 16.6. The minimum atomic E-state index is -0.212. The predicted molar refractivity (Wildman–Crippen MR) is 58.8 cm³/mol. The van der Waals surface area contributed by atoms with Gasteiger partial charge in [0, 0.05) is 6.08 Å². The van der Waals surface area contributed by atoms with E-state index in [1.54, 1.807) is 6.08 Å². The van der Waals surface area contributed by atoms with Crippen molar-refractivity contribution in [1.82, 2.24) is 0 Å². The molecule has 2 aliphatic carbocycles. The van der Waals surface area contributed by atoms with Crippen molar-refractivity contribution in [1.29, 1.82) is 0 Å². The van der Waals surface area contributed by atoms with Crippen molar-refractivity contribution in [3.8, 4) is 0 Å². The van der Waals surface area contributed by atoms with Crippen LogP contribution in [0.2, 0.25) is 0 Å². The molecule has 0 bridgehead atoms. The molecule has 0 radical (unpaired) electrons. The summed E-state index contributed by atoms with van der Waals surface area (Å²) in [7, 11) is 1.44. The molecule has 0 N–H and O–H groups in total. The van der Waals surface area contributed by atoms with Crippen LogP contribution in [0, 0.1) is 11.3 Å². The SMILES string of the molecule is COC(=O)/C=C1\CCC2C3OC3CC[C@]12C. The molecule has 16 heavy (non-hydrogen) atoms. The van der Waals surface area contributed by atoms with Crippen LogP contribution in [-0.4, -0.2) is 25.3 Å². The lowest BCUT2D eigenvalue weighted by atomic mass is 9.68. The number of ether oxygens (including phenoxy) is 2. The van der Waals surface area contributed by atoms with E-state index in [1.165, 1.54) is 19.1 Å². The number of carbonyl (C=O) groups is 1. The third-order valence-electron chi connectivity index (χ3n) is 4.74. The van der Waals surface area contributed by atoms with Crippen molar-refractivity contribution < 1.29 is 14.3 Å². The van der Waals surface area contributed by atoms with Crippen LogP contribution in [0.3, 0.4) is 0 Å². The smallest absolute Gasteiger partial charge is 0.330 e. The molecule has 3 unspecified atom stereocenters. The number of epoxide rings is 1. The minimum absolute atomic E-state index is 0.186. The summed E-state index contributed by atoms with van der Waals surface area (Å²) in [5.74, 6) is 0.415. The Morgan fingerprint density at radius 1 is 1.56 bits per heavy atom. The molecule has 3 rings (SSSR count). The standard InChI is InChI=1S/C13H18O3/c1-13-6-5-10-12(16-10)9(13)4-3-8(13)7-11(14)15-2/h7,9-10,12H,3-6H2,1-2H3/b8-7+/t9?,10?,12?,13-/m1/s1. The zero-order valence-corrected chi connectivity index (χ0v) is 9.86. The van der Waals surface area contributed by atoms with Gasteiger partial charge in [0.25, 0.3) is 0 Å². The lowest BCUT2D eigenvalue weighted by molar-refractivity contribution is -0.135. The highest BCUT2D eigenvalue weighted by molar-refractivity contribution is 5.83. The van der Waals surface area contributed by atoms with Crippen LogP contribution in [0.1, 0.15) is 32.6 Å². The molecule has 0 aromatic heterocycles. The van der Waals surface area contributed by atoms with Crippen molar-refractivity contribution in [2.45, 2.75) is 44.8 Å². The minimum Gasteiger partial charge on any atom is -0.466 e. The lowest BCUT2D eigenvalue weighted by Gasteiger charge is -2.35. The largest absolute Gasteiger partial charge is 0.466 e. The summed E-state index contributed by atoms with van der Waals surface area (Å²) in [5, 5.41) is 0. The summed E-state index contributed by atoms with van der Waals surface area (Å²) < 4.78 is 10.4. The fourth-order valence-corrected chi connectivity index (χ4v) is 3.65. The molecule has 3 aliphatic rings. The molecule has 4 atom stereocenters. The van der Waals surface area contributed by atoms with E-state index < -0.39 is 0 Å². The van der Waals surface area contributed by atoms with Gasteiger partial charge in [-0.15, -0.1) is 0 Å². The molecule has 1 aliphatic heterocycles. The average Bonchev–Trinajstić information content (AvgIpc) is 2.98. The maximum Gasteiger partial charge on any atom is 0.330 e. The Bertz CT molecular complexity index is 360. The van der Waals surface area contributed by atoms with Crippen LogP contribution in [0.5, 0.6) is 0 Å². The van der Waals surface area contributed by atoms with Gasteiger partial charge in [-0.1, -0.05) is 12.5 Å². The van der Waals surface area contributed by atoms with Gasteiger partial charge in [-0.3, -0.25) is 0 Å². The number of carbonyl (C=O) groups excluding carboxylic acids is 1. The Hall–Kier alpha value is -0.830. The summed E-state index contributed by atoms with van der Waals surface area (Å²) in [5.41, 5.74) is 1.46. The number of esters is 1. The molecule has 3 fully saturated rings. The first-order chi connectivity index (χ1) is 7.65. The van der Waals surface area contributed by atoms with Gasteiger partial charge in [-0.2, -0.15) is 0 Å². The first kappa shape index (κ1) is 10.3. The van der Waals surface area contributed by atoms with Crippen LogP contribution in [0.15, 0.2) is 11.6 Å². The van der Waals surface area contributed by atoms with Crippen LogP contribution >= 0.6 is 0 Å². The van der Waals surface area contributed by atoms with Crippen molar-refractivity contribution in [3.05, 3.63) is 11.6 Å². The van der Waals surface area contributed by atoms with E-state index in [4.69, 9.17) is 9.47 Å². The zero-order chi connectivity index (χ0) is 11.3. The quantitative estimate of drug-likeness (QED) is 0.387. The van der Waals surface area contributed by atoms with Crippen LogP contribution in [-0.2, 0) is 14.3 Å². The van der Waals surface area contributed by atoms with E-state index in [2.05, 4.69) is 6.92 Å². The summed E-state index contributed by atoms with van der Waals surface area (Å²) in [6.07, 6.45) is 7.21. The Morgan fingerprint density at radius 3 is 3.12 bits per heavy atom. The van der Waals surface area contributed by atoms with E-state index in [9.17, 15) is 4.79 Å². The van der Waals surface area contributed by atoms with E-state index in [1.807, 2.05) is 0 Å². The van der Waals surface area contributed by atoms with E-state index >= 15 is 0 Å². The van der Waals surface area contributed by atoms with Crippen LogP contribution in [0.4, 0.5) is 0 Å². The Labute approximate surface area is 95.8 Å². The molecule has 1 heterocycles. The summed E-state index contributed by atoms with van der Waals surface area (Å²) in [6, 6.07) is 0. The van der Waals surface area contributed by atoms with Gasteiger partial charge in [0.05, 0.1) is 19.3 Å². The predicted octanol–water partition coefficient (Wildman–Crippen LogP) is 2.06. The molecule has 0 aromatic rings. The first-order valence-corrected chi connectivity index (χ1v) is 6.09.